The molecule has 120 valence electrons. The minimum atomic E-state index is -3.50. The van der Waals surface area contributed by atoms with Gasteiger partial charge in [-0.1, -0.05) is 13.8 Å². The first-order valence-electron chi connectivity index (χ1n) is 7.15. The van der Waals surface area contributed by atoms with Crippen LogP contribution in [0.25, 0.3) is 0 Å². The minimum absolute atomic E-state index is 0.104. The van der Waals surface area contributed by atoms with Gasteiger partial charge in [0.25, 0.3) is 0 Å². The molecule has 1 aliphatic carbocycles. The molecule has 1 fully saturated rings. The molecule has 1 aliphatic rings. The van der Waals surface area contributed by atoms with Gasteiger partial charge < -0.3 is 9.73 Å². The normalized spacial score (nSPS) is 17.4. The molecule has 2 N–H and O–H groups in total. The largest absolute Gasteiger partial charge is 0.464 e. The Morgan fingerprint density at radius 3 is 2.62 bits per heavy atom. The van der Waals surface area contributed by atoms with Gasteiger partial charge in [0.15, 0.2) is 0 Å². The van der Waals surface area contributed by atoms with Crippen molar-refractivity contribution in [2.45, 2.75) is 55.8 Å². The highest BCUT2D eigenvalue weighted by Gasteiger charge is 2.42. The van der Waals surface area contributed by atoms with Crippen LogP contribution in [0.2, 0.25) is 0 Å². The number of hydrogen-bond donors (Lipinski definition) is 2. The van der Waals surface area contributed by atoms with Crippen molar-refractivity contribution in [3.8, 4) is 0 Å². The molecular formula is C14H24N2O3S2. The van der Waals surface area contributed by atoms with E-state index in [4.69, 9.17) is 4.42 Å². The summed E-state index contributed by atoms with van der Waals surface area (Å²) in [6, 6.07) is 1.94. The first-order valence-corrected chi connectivity index (χ1v) is 9.86. The lowest BCUT2D eigenvalue weighted by atomic mass is 10.3. The van der Waals surface area contributed by atoms with E-state index >= 15 is 0 Å². The number of hydrogen-bond acceptors (Lipinski definition) is 5. The summed E-state index contributed by atoms with van der Waals surface area (Å²) in [6.07, 6.45) is 4.18. The second-order valence-corrected chi connectivity index (χ2v) is 8.89. The highest BCUT2D eigenvalue weighted by Crippen LogP contribution is 2.46. The Morgan fingerprint density at radius 2 is 2.10 bits per heavy atom. The third-order valence-electron chi connectivity index (χ3n) is 3.72. The lowest BCUT2D eigenvalue weighted by Gasteiger charge is -2.12. The maximum atomic E-state index is 12.4. The third-order valence-corrected chi connectivity index (χ3v) is 6.65. The summed E-state index contributed by atoms with van der Waals surface area (Å²) in [5, 5.41) is 3.22. The van der Waals surface area contributed by atoms with Crippen LogP contribution < -0.4 is 10.0 Å². The summed E-state index contributed by atoms with van der Waals surface area (Å²) >= 11 is 1.73. The van der Waals surface area contributed by atoms with E-state index in [1.54, 1.807) is 24.8 Å². The quantitative estimate of drug-likeness (QED) is 0.764. The molecule has 0 saturated heterocycles. The Kier molecular flexibility index (Phi) is 5.07. The minimum Gasteiger partial charge on any atom is -0.464 e. The third kappa shape index (κ3) is 4.25. The molecule has 1 aromatic rings. The molecule has 0 aliphatic heterocycles. The molecule has 1 heterocycles. The smallest absolute Gasteiger partial charge is 0.244 e. The van der Waals surface area contributed by atoms with Gasteiger partial charge in [0.05, 0.1) is 6.54 Å². The van der Waals surface area contributed by atoms with Crippen LogP contribution in [-0.4, -0.2) is 32.0 Å². The average molecular weight is 332 g/mol. The van der Waals surface area contributed by atoms with Gasteiger partial charge in [-0.05, 0) is 26.0 Å². The molecule has 1 aromatic heterocycles. The van der Waals surface area contributed by atoms with Gasteiger partial charge in [-0.3, -0.25) is 0 Å². The van der Waals surface area contributed by atoms with E-state index in [1.165, 1.54) is 0 Å². The van der Waals surface area contributed by atoms with Crippen LogP contribution in [0.15, 0.2) is 15.4 Å². The Balaban J connectivity index is 2.05. The molecule has 2 rings (SSSR count). The first kappa shape index (κ1) is 16.9. The van der Waals surface area contributed by atoms with E-state index in [0.29, 0.717) is 30.7 Å². The fourth-order valence-corrected chi connectivity index (χ4v) is 4.23. The SMILES string of the molecule is CSC1(CNS(=O)(=O)c2cc(CNC(C)C)oc2C)CC1. The van der Waals surface area contributed by atoms with Crippen molar-refractivity contribution in [2.75, 3.05) is 12.8 Å². The monoisotopic (exact) mass is 332 g/mol. The van der Waals surface area contributed by atoms with Crippen LogP contribution in [0.1, 0.15) is 38.2 Å². The second-order valence-electron chi connectivity index (χ2n) is 5.88. The number of thioether (sulfide) groups is 1. The highest BCUT2D eigenvalue weighted by molar-refractivity contribution is 8.00. The molecule has 0 spiro atoms. The zero-order chi connectivity index (χ0) is 15.7. The van der Waals surface area contributed by atoms with E-state index in [2.05, 4.69) is 10.0 Å². The van der Waals surface area contributed by atoms with Crippen LogP contribution in [0.3, 0.4) is 0 Å². The van der Waals surface area contributed by atoms with Gasteiger partial charge in [0, 0.05) is 23.4 Å². The van der Waals surface area contributed by atoms with Crippen LogP contribution in [0.5, 0.6) is 0 Å². The topological polar surface area (TPSA) is 71.3 Å². The fourth-order valence-electron chi connectivity index (χ4n) is 2.08. The number of nitrogens with one attached hydrogen (secondary N) is 2. The van der Waals surface area contributed by atoms with Crippen molar-refractivity contribution in [2.24, 2.45) is 0 Å². The Morgan fingerprint density at radius 1 is 1.43 bits per heavy atom. The van der Waals surface area contributed by atoms with E-state index < -0.39 is 10.0 Å². The van der Waals surface area contributed by atoms with Crippen molar-refractivity contribution in [1.82, 2.24) is 10.0 Å². The van der Waals surface area contributed by atoms with Gasteiger partial charge in [0.1, 0.15) is 16.4 Å². The van der Waals surface area contributed by atoms with Crippen LogP contribution in [0.4, 0.5) is 0 Å². The van der Waals surface area contributed by atoms with E-state index in [1.807, 2.05) is 20.1 Å². The number of furan rings is 1. The van der Waals surface area contributed by atoms with Crippen LogP contribution in [0, 0.1) is 6.92 Å². The van der Waals surface area contributed by atoms with Gasteiger partial charge in [0.2, 0.25) is 10.0 Å². The molecule has 21 heavy (non-hydrogen) atoms. The average Bonchev–Trinajstić information content (AvgIpc) is 3.10. The maximum absolute atomic E-state index is 12.4. The molecule has 0 amide bonds. The van der Waals surface area contributed by atoms with Crippen molar-refractivity contribution < 1.29 is 12.8 Å². The van der Waals surface area contributed by atoms with E-state index in [-0.39, 0.29) is 9.64 Å². The van der Waals surface area contributed by atoms with Crippen LogP contribution >= 0.6 is 11.8 Å². The number of sulfonamides is 1. The molecule has 0 radical (unpaired) electrons. The summed E-state index contributed by atoms with van der Waals surface area (Å²) < 4.78 is 33.1. The van der Waals surface area contributed by atoms with Crippen molar-refractivity contribution in [3.63, 3.8) is 0 Å². The molecular weight excluding hydrogens is 308 g/mol. The zero-order valence-corrected chi connectivity index (χ0v) is 14.7. The Hall–Kier alpha value is -0.500. The Labute approximate surface area is 131 Å². The number of aryl methyl sites for hydroxylation is 1. The van der Waals surface area contributed by atoms with Gasteiger partial charge in [-0.15, -0.1) is 0 Å². The molecule has 7 heteroatoms. The molecule has 5 nitrogen and oxygen atoms in total. The lowest BCUT2D eigenvalue weighted by Crippen LogP contribution is -2.31. The van der Waals surface area contributed by atoms with Crippen LogP contribution in [-0.2, 0) is 16.6 Å². The maximum Gasteiger partial charge on any atom is 0.244 e. The summed E-state index contributed by atoms with van der Waals surface area (Å²) in [5.41, 5.74) is 0. The highest BCUT2D eigenvalue weighted by atomic mass is 32.2. The van der Waals surface area contributed by atoms with E-state index in [9.17, 15) is 8.42 Å². The molecule has 0 aromatic carbocycles. The predicted octanol–water partition coefficient (Wildman–Crippen LogP) is 2.26. The second kappa shape index (κ2) is 6.32. The summed E-state index contributed by atoms with van der Waals surface area (Å²) in [7, 11) is -3.50. The predicted molar refractivity (Wildman–Crippen MR) is 86.1 cm³/mol. The summed E-state index contributed by atoms with van der Waals surface area (Å²) in [6.45, 7) is 6.78. The summed E-state index contributed by atoms with van der Waals surface area (Å²) in [4.78, 5) is 0.250. The van der Waals surface area contributed by atoms with E-state index in [0.717, 1.165) is 12.8 Å². The van der Waals surface area contributed by atoms with Gasteiger partial charge in [-0.25, -0.2) is 13.1 Å². The van der Waals surface area contributed by atoms with Gasteiger partial charge in [-0.2, -0.15) is 11.8 Å². The molecule has 0 unspecified atom stereocenters. The zero-order valence-electron chi connectivity index (χ0n) is 13.0. The Bertz CT molecular complexity index is 589. The summed E-state index contributed by atoms with van der Waals surface area (Å²) in [5.74, 6) is 1.09. The van der Waals surface area contributed by atoms with Crippen molar-refractivity contribution in [1.29, 1.82) is 0 Å². The van der Waals surface area contributed by atoms with Crippen molar-refractivity contribution >= 4 is 21.8 Å². The number of rotatable bonds is 8. The molecule has 0 bridgehead atoms. The lowest BCUT2D eigenvalue weighted by molar-refractivity contribution is 0.444. The fraction of sp³-hybridized carbons (Fsp3) is 0.714. The first-order chi connectivity index (χ1) is 9.78. The molecule has 0 atom stereocenters. The van der Waals surface area contributed by atoms with Gasteiger partial charge >= 0.3 is 0 Å². The van der Waals surface area contributed by atoms with Crippen molar-refractivity contribution in [3.05, 3.63) is 17.6 Å². The molecule has 1 saturated carbocycles. The standard InChI is InChI=1S/C14H24N2O3S2/c1-10(2)15-8-12-7-13(11(3)19-12)21(17,18)16-9-14(20-4)5-6-14/h7,10,15-16H,5-6,8-9H2,1-4H3.